The Kier molecular flexibility index (Phi) is 4.29. The first-order valence-corrected chi connectivity index (χ1v) is 6.78. The van der Waals surface area contributed by atoms with Crippen LogP contribution in [-0.4, -0.2) is 28.0 Å². The lowest BCUT2D eigenvalue weighted by Crippen LogP contribution is -2.16. The fraction of sp³-hybridized carbons (Fsp3) is 0.286. The Morgan fingerprint density at radius 2 is 2.21 bits per heavy atom. The minimum absolute atomic E-state index is 0.333. The summed E-state index contributed by atoms with van der Waals surface area (Å²) in [6, 6.07) is 7.06. The largest absolute Gasteiger partial charge is 0.478 e. The zero-order valence-electron chi connectivity index (χ0n) is 11.0. The Hall–Kier alpha value is -1.72. The van der Waals surface area contributed by atoms with E-state index in [1.807, 2.05) is 26.2 Å². The van der Waals surface area contributed by atoms with Crippen molar-refractivity contribution in [3.63, 3.8) is 0 Å². The lowest BCUT2D eigenvalue weighted by molar-refractivity contribution is 0.0696. The van der Waals surface area contributed by atoms with Crippen molar-refractivity contribution in [3.8, 4) is 0 Å². The van der Waals surface area contributed by atoms with E-state index in [1.165, 1.54) is 4.88 Å². The minimum atomic E-state index is -0.886. The second-order valence-corrected chi connectivity index (χ2v) is 5.84. The molecule has 0 radical (unpaired) electrons. The molecule has 19 heavy (non-hydrogen) atoms. The lowest BCUT2D eigenvalue weighted by atomic mass is 10.1. The average molecular weight is 276 g/mol. The summed E-state index contributed by atoms with van der Waals surface area (Å²) in [4.78, 5) is 18.5. The van der Waals surface area contributed by atoms with Gasteiger partial charge in [-0.1, -0.05) is 12.1 Å². The molecule has 0 unspecified atom stereocenters. The molecule has 5 heteroatoms. The van der Waals surface area contributed by atoms with E-state index in [9.17, 15) is 4.79 Å². The van der Waals surface area contributed by atoms with Crippen LogP contribution in [0.3, 0.4) is 0 Å². The summed E-state index contributed by atoms with van der Waals surface area (Å²) < 4.78 is 0. The predicted molar refractivity (Wildman–Crippen MR) is 75.4 cm³/mol. The normalized spacial score (nSPS) is 10.9. The summed E-state index contributed by atoms with van der Waals surface area (Å²) in [6.45, 7) is 3.53. The van der Waals surface area contributed by atoms with Gasteiger partial charge in [-0.15, -0.1) is 11.3 Å². The van der Waals surface area contributed by atoms with Crippen molar-refractivity contribution in [3.05, 3.63) is 51.5 Å². The molecular formula is C14H16N2O2S. The van der Waals surface area contributed by atoms with E-state index >= 15 is 0 Å². The van der Waals surface area contributed by atoms with Crippen molar-refractivity contribution in [2.45, 2.75) is 20.0 Å². The number of thiazole rings is 1. The van der Waals surface area contributed by atoms with Crippen molar-refractivity contribution in [2.75, 3.05) is 7.05 Å². The van der Waals surface area contributed by atoms with E-state index < -0.39 is 5.97 Å². The highest BCUT2D eigenvalue weighted by Gasteiger charge is 2.07. The molecule has 0 atom stereocenters. The Balaban J connectivity index is 2.00. The van der Waals surface area contributed by atoms with Gasteiger partial charge in [0.25, 0.3) is 0 Å². The smallest absolute Gasteiger partial charge is 0.335 e. The number of rotatable bonds is 5. The third-order valence-electron chi connectivity index (χ3n) is 2.72. The van der Waals surface area contributed by atoms with Crippen LogP contribution in [0.2, 0.25) is 0 Å². The molecule has 1 N–H and O–H groups in total. The summed E-state index contributed by atoms with van der Waals surface area (Å²) in [5, 5.41) is 10.0. The van der Waals surface area contributed by atoms with Gasteiger partial charge in [0, 0.05) is 24.2 Å². The molecule has 2 rings (SSSR count). The third-order valence-corrected chi connectivity index (χ3v) is 3.62. The van der Waals surface area contributed by atoms with Crippen LogP contribution >= 0.6 is 11.3 Å². The maximum atomic E-state index is 10.9. The molecular weight excluding hydrogens is 260 g/mol. The van der Waals surface area contributed by atoms with Gasteiger partial charge in [-0.25, -0.2) is 9.78 Å². The summed E-state index contributed by atoms with van der Waals surface area (Å²) in [7, 11) is 2.02. The first-order valence-electron chi connectivity index (χ1n) is 5.96. The molecule has 0 saturated carbocycles. The highest BCUT2D eigenvalue weighted by Crippen LogP contribution is 2.15. The maximum Gasteiger partial charge on any atom is 0.335 e. The summed E-state index contributed by atoms with van der Waals surface area (Å²) in [5.41, 5.74) is 1.34. The third kappa shape index (κ3) is 3.87. The second kappa shape index (κ2) is 5.95. The average Bonchev–Trinajstić information content (AvgIpc) is 2.74. The minimum Gasteiger partial charge on any atom is -0.478 e. The molecule has 1 heterocycles. The van der Waals surface area contributed by atoms with Gasteiger partial charge in [-0.2, -0.15) is 0 Å². The van der Waals surface area contributed by atoms with E-state index in [1.54, 1.807) is 29.5 Å². The molecule has 0 bridgehead atoms. The number of carboxylic acid groups (broad SMARTS) is 1. The van der Waals surface area contributed by atoms with Crippen LogP contribution in [0.25, 0.3) is 0 Å². The molecule has 0 amide bonds. The second-order valence-electron chi connectivity index (χ2n) is 4.52. The molecule has 4 nitrogen and oxygen atoms in total. The number of carboxylic acids is 1. The Morgan fingerprint density at radius 3 is 2.84 bits per heavy atom. The van der Waals surface area contributed by atoms with Crippen molar-refractivity contribution in [1.82, 2.24) is 9.88 Å². The number of hydrogen-bond donors (Lipinski definition) is 1. The van der Waals surface area contributed by atoms with Gasteiger partial charge in [-0.3, -0.25) is 4.90 Å². The van der Waals surface area contributed by atoms with Crippen molar-refractivity contribution >= 4 is 17.3 Å². The van der Waals surface area contributed by atoms with Crippen molar-refractivity contribution in [2.24, 2.45) is 0 Å². The number of carbonyl (C=O) groups is 1. The molecule has 100 valence electrons. The number of nitrogens with zero attached hydrogens (tertiary/aromatic N) is 2. The number of hydrogen-bond acceptors (Lipinski definition) is 4. The molecule has 0 aliphatic carbocycles. The Morgan fingerprint density at radius 1 is 1.42 bits per heavy atom. The van der Waals surface area contributed by atoms with Crippen LogP contribution in [-0.2, 0) is 13.1 Å². The summed E-state index contributed by atoms with van der Waals surface area (Å²) in [6.07, 6.45) is 1.89. The maximum absolute atomic E-state index is 10.9. The molecule has 2 aromatic rings. The van der Waals surface area contributed by atoms with E-state index in [2.05, 4.69) is 9.88 Å². The van der Waals surface area contributed by atoms with Crippen LogP contribution in [0.5, 0.6) is 0 Å². The Labute approximate surface area is 116 Å². The number of aromatic nitrogens is 1. The van der Waals surface area contributed by atoms with Crippen LogP contribution in [0.4, 0.5) is 0 Å². The quantitative estimate of drug-likeness (QED) is 0.912. The molecule has 0 saturated heterocycles. The highest BCUT2D eigenvalue weighted by molar-refractivity contribution is 7.11. The van der Waals surface area contributed by atoms with Gasteiger partial charge in [0.1, 0.15) is 0 Å². The molecule has 1 aromatic heterocycles. The van der Waals surface area contributed by atoms with Crippen LogP contribution in [0, 0.1) is 6.92 Å². The summed E-state index contributed by atoms with van der Waals surface area (Å²) >= 11 is 1.69. The van der Waals surface area contributed by atoms with Crippen LogP contribution in [0.15, 0.2) is 30.5 Å². The number of aryl methyl sites for hydroxylation is 1. The zero-order valence-corrected chi connectivity index (χ0v) is 11.8. The molecule has 1 aromatic carbocycles. The molecule has 0 fully saturated rings. The fourth-order valence-electron chi connectivity index (χ4n) is 1.91. The lowest BCUT2D eigenvalue weighted by Gasteiger charge is -2.15. The van der Waals surface area contributed by atoms with E-state index in [-0.39, 0.29) is 0 Å². The first-order chi connectivity index (χ1) is 9.04. The molecule has 0 spiro atoms. The van der Waals surface area contributed by atoms with Crippen LogP contribution < -0.4 is 0 Å². The first kappa shape index (κ1) is 13.7. The van der Waals surface area contributed by atoms with Crippen molar-refractivity contribution in [1.29, 1.82) is 0 Å². The molecule has 0 aliphatic rings. The number of aromatic carboxylic acids is 1. The van der Waals surface area contributed by atoms with Gasteiger partial charge >= 0.3 is 5.97 Å². The van der Waals surface area contributed by atoms with Gasteiger partial charge in [0.15, 0.2) is 0 Å². The van der Waals surface area contributed by atoms with E-state index in [0.29, 0.717) is 5.56 Å². The SMILES string of the molecule is Cc1ncc(CN(C)Cc2cccc(C(=O)O)c2)s1. The van der Waals surface area contributed by atoms with Gasteiger partial charge in [-0.05, 0) is 31.7 Å². The van der Waals surface area contributed by atoms with E-state index in [4.69, 9.17) is 5.11 Å². The monoisotopic (exact) mass is 276 g/mol. The van der Waals surface area contributed by atoms with Gasteiger partial charge in [0.05, 0.1) is 10.6 Å². The Bertz CT molecular complexity index is 580. The standard InChI is InChI=1S/C14H16N2O2S/c1-10-15-7-13(19-10)9-16(2)8-11-4-3-5-12(6-11)14(17)18/h3-7H,8-9H2,1-2H3,(H,17,18). The van der Waals surface area contributed by atoms with Crippen molar-refractivity contribution < 1.29 is 9.90 Å². The van der Waals surface area contributed by atoms with Gasteiger partial charge < -0.3 is 5.11 Å². The van der Waals surface area contributed by atoms with Gasteiger partial charge in [0.2, 0.25) is 0 Å². The number of benzene rings is 1. The predicted octanol–water partition coefficient (Wildman–Crippen LogP) is 2.78. The highest BCUT2D eigenvalue weighted by atomic mass is 32.1. The van der Waals surface area contributed by atoms with E-state index in [0.717, 1.165) is 23.7 Å². The van der Waals surface area contributed by atoms with Crippen LogP contribution in [0.1, 0.15) is 25.8 Å². The molecule has 0 aliphatic heterocycles. The summed E-state index contributed by atoms with van der Waals surface area (Å²) in [5.74, 6) is -0.886. The topological polar surface area (TPSA) is 53.4 Å². The fourth-order valence-corrected chi connectivity index (χ4v) is 2.79. The zero-order chi connectivity index (χ0) is 13.8.